The molecule has 35 heavy (non-hydrogen) atoms. The molecule has 180 valence electrons. The van der Waals surface area contributed by atoms with E-state index in [0.29, 0.717) is 30.6 Å². The van der Waals surface area contributed by atoms with Gasteiger partial charge >= 0.3 is 11.8 Å². The lowest BCUT2D eigenvalue weighted by molar-refractivity contribution is -0.394. The molecule has 3 atom stereocenters. The number of aliphatic hydroxyl groups is 1. The second kappa shape index (κ2) is 9.88. The molecule has 0 saturated heterocycles. The average molecular weight is 474 g/mol. The van der Waals surface area contributed by atoms with Crippen molar-refractivity contribution in [1.29, 1.82) is 5.26 Å². The van der Waals surface area contributed by atoms with Gasteiger partial charge in [-0.3, -0.25) is 4.79 Å². The number of carbonyl (C=O) groups is 2. The molecular weight excluding hydrogens is 444 g/mol. The maximum Gasteiger partial charge on any atom is 0.388 e. The number of aliphatic hydroxyl groups excluding tert-OH is 1. The van der Waals surface area contributed by atoms with Crippen molar-refractivity contribution in [3.8, 4) is 11.8 Å². The van der Waals surface area contributed by atoms with Crippen LogP contribution in [-0.2, 0) is 17.9 Å². The van der Waals surface area contributed by atoms with Gasteiger partial charge in [-0.2, -0.15) is 5.26 Å². The summed E-state index contributed by atoms with van der Waals surface area (Å²) < 4.78 is 6.42. The first-order valence-corrected chi connectivity index (χ1v) is 12.2. The number of nitrogens with one attached hydrogen (secondary N) is 2. The van der Waals surface area contributed by atoms with Crippen LogP contribution < -0.4 is 15.0 Å². The molecule has 0 radical (unpaired) electrons. The van der Waals surface area contributed by atoms with Crippen LogP contribution in [0.5, 0.6) is 5.75 Å². The fourth-order valence-electron chi connectivity index (χ4n) is 5.31. The first kappa shape index (κ1) is 23.1. The van der Waals surface area contributed by atoms with E-state index in [1.165, 1.54) is 0 Å². The third-order valence-electron chi connectivity index (χ3n) is 7.20. The Bertz CT molecular complexity index is 1220. The van der Waals surface area contributed by atoms with Gasteiger partial charge in [-0.1, -0.05) is 24.6 Å². The Kier molecular flexibility index (Phi) is 6.51. The van der Waals surface area contributed by atoms with Crippen molar-refractivity contribution in [3.63, 3.8) is 0 Å². The smallest absolute Gasteiger partial charge is 0.388 e. The van der Waals surface area contributed by atoms with Gasteiger partial charge in [-0.05, 0) is 61.1 Å². The predicted molar refractivity (Wildman–Crippen MR) is 128 cm³/mol. The zero-order valence-corrected chi connectivity index (χ0v) is 19.5. The summed E-state index contributed by atoms with van der Waals surface area (Å²) in [7, 11) is 0. The van der Waals surface area contributed by atoms with Gasteiger partial charge in [-0.15, -0.1) is 4.99 Å². The topological polar surface area (TPSA) is 117 Å². The maximum atomic E-state index is 13.0. The molecular formula is C27H29N4O4+. The molecule has 5 rings (SSSR count). The minimum absolute atomic E-state index is 0.00445. The summed E-state index contributed by atoms with van der Waals surface area (Å²) in [4.78, 5) is 28.5. The van der Waals surface area contributed by atoms with Gasteiger partial charge in [0, 0.05) is 24.7 Å². The Labute approximate surface area is 204 Å². The zero-order valence-electron chi connectivity index (χ0n) is 19.5. The number of nitrogens with zero attached hydrogens (tertiary/aromatic N) is 2. The molecule has 2 aliphatic heterocycles. The van der Waals surface area contributed by atoms with Crippen molar-refractivity contribution >= 4 is 17.7 Å². The fraction of sp³-hybridized carbons (Fsp3) is 0.407. The van der Waals surface area contributed by atoms with E-state index in [1.807, 2.05) is 36.4 Å². The number of nitriles is 1. The van der Waals surface area contributed by atoms with Crippen LogP contribution in [0.25, 0.3) is 0 Å². The van der Waals surface area contributed by atoms with Crippen molar-refractivity contribution < 1.29 is 24.4 Å². The maximum absolute atomic E-state index is 13.0. The number of benzene rings is 2. The first-order chi connectivity index (χ1) is 17.0. The highest BCUT2D eigenvalue weighted by molar-refractivity contribution is 6.01. The Morgan fingerprint density at radius 2 is 1.97 bits per heavy atom. The van der Waals surface area contributed by atoms with E-state index < -0.39 is 6.04 Å². The van der Waals surface area contributed by atoms with Crippen molar-refractivity contribution in [3.05, 3.63) is 64.7 Å². The third kappa shape index (κ3) is 4.77. The standard InChI is InChI=1S/C27H28N4O4/c28-14-17-5-1-2-6-18(17)15-29-22-7-3-4-8-24(22)35-20-9-10-21-19(13-20)16-31(27(21)34)23-11-12-25(32)30-26(23)33/h1-2,5-6,9-10,13,22-24,29H,3-4,7-8,11-12,15-16H2,(H,30,32,33)/p+1. The summed E-state index contributed by atoms with van der Waals surface area (Å²) in [6.07, 6.45) is 4.84. The van der Waals surface area contributed by atoms with Crippen LogP contribution in [0.1, 0.15) is 65.6 Å². The van der Waals surface area contributed by atoms with Gasteiger partial charge in [-0.25, -0.2) is 4.79 Å². The van der Waals surface area contributed by atoms with E-state index in [4.69, 9.17) is 4.74 Å². The van der Waals surface area contributed by atoms with Crippen LogP contribution in [0.3, 0.4) is 0 Å². The second-order valence-corrected chi connectivity index (χ2v) is 9.44. The van der Waals surface area contributed by atoms with Gasteiger partial charge in [0.05, 0.1) is 18.1 Å². The summed E-state index contributed by atoms with van der Waals surface area (Å²) in [5.74, 6) is 0.186. The molecule has 2 amide bonds. The number of ether oxygens (including phenoxy) is 1. The molecule has 1 saturated carbocycles. The number of amides is 2. The average Bonchev–Trinajstić information content (AvgIpc) is 3.19. The molecule has 8 nitrogen and oxygen atoms in total. The molecule has 1 aliphatic carbocycles. The Morgan fingerprint density at radius 1 is 1.14 bits per heavy atom. The van der Waals surface area contributed by atoms with E-state index >= 15 is 0 Å². The lowest BCUT2D eigenvalue weighted by Gasteiger charge is -2.33. The number of fused-ring (bicyclic) bond motifs is 1. The minimum Gasteiger partial charge on any atom is -0.489 e. The van der Waals surface area contributed by atoms with Crippen molar-refractivity contribution in [2.24, 2.45) is 0 Å². The van der Waals surface area contributed by atoms with Crippen LogP contribution in [-0.4, -0.2) is 45.9 Å². The summed E-state index contributed by atoms with van der Waals surface area (Å²) in [5.41, 5.74) is 3.13. The summed E-state index contributed by atoms with van der Waals surface area (Å²) >= 11 is 0. The fourth-order valence-corrected chi connectivity index (χ4v) is 5.31. The van der Waals surface area contributed by atoms with Crippen molar-refractivity contribution in [1.82, 2.24) is 10.2 Å². The quantitative estimate of drug-likeness (QED) is 0.588. The molecule has 2 heterocycles. The summed E-state index contributed by atoms with van der Waals surface area (Å²) in [6.45, 7) is 0.979. The van der Waals surface area contributed by atoms with Gasteiger partial charge in [0.15, 0.2) is 6.04 Å². The van der Waals surface area contributed by atoms with E-state index in [0.717, 1.165) is 42.6 Å². The highest BCUT2D eigenvalue weighted by Gasteiger charge is 2.41. The highest BCUT2D eigenvalue weighted by Crippen LogP contribution is 2.31. The van der Waals surface area contributed by atoms with Gasteiger partial charge < -0.3 is 20.1 Å². The second-order valence-electron chi connectivity index (χ2n) is 9.44. The van der Waals surface area contributed by atoms with Gasteiger partial charge in [0.1, 0.15) is 11.9 Å². The van der Waals surface area contributed by atoms with Gasteiger partial charge in [0.2, 0.25) is 0 Å². The SMILES string of the molecule is N#Cc1ccccc1CNC1CCCCC1Oc1ccc2c(c1)CN(C1CCC(=O)[NH+]=C1O)C2=O. The number of hydrogen-bond acceptors (Lipinski definition) is 5. The molecule has 8 heteroatoms. The number of hydrogen-bond donors (Lipinski definition) is 3. The minimum atomic E-state index is -0.514. The van der Waals surface area contributed by atoms with Gasteiger partial charge in [0.25, 0.3) is 5.91 Å². The van der Waals surface area contributed by atoms with Crippen LogP contribution in [0.4, 0.5) is 0 Å². The van der Waals surface area contributed by atoms with Crippen LogP contribution >= 0.6 is 0 Å². The molecule has 0 aromatic heterocycles. The Balaban J connectivity index is 1.27. The van der Waals surface area contributed by atoms with E-state index in [1.54, 1.807) is 11.0 Å². The molecule has 3 N–H and O–H groups in total. The molecule has 2 aromatic rings. The van der Waals surface area contributed by atoms with Crippen molar-refractivity contribution in [2.45, 2.75) is 69.8 Å². The first-order valence-electron chi connectivity index (χ1n) is 12.2. The molecule has 2 aromatic carbocycles. The van der Waals surface area contributed by atoms with Crippen molar-refractivity contribution in [2.75, 3.05) is 0 Å². The van der Waals surface area contributed by atoms with E-state index in [-0.39, 0.29) is 36.3 Å². The third-order valence-corrected chi connectivity index (χ3v) is 7.20. The van der Waals surface area contributed by atoms with E-state index in [9.17, 15) is 20.0 Å². The molecule has 3 unspecified atom stereocenters. The Morgan fingerprint density at radius 3 is 2.80 bits per heavy atom. The normalized spacial score (nSPS) is 24.0. The molecule has 0 bridgehead atoms. The number of carbonyl (C=O) groups excluding carboxylic acids is 2. The van der Waals surface area contributed by atoms with Crippen LogP contribution in [0, 0.1) is 11.3 Å². The predicted octanol–water partition coefficient (Wildman–Crippen LogP) is 1.72. The lowest BCUT2D eigenvalue weighted by atomic mass is 9.92. The summed E-state index contributed by atoms with van der Waals surface area (Å²) in [5, 5.41) is 23.2. The molecule has 0 spiro atoms. The monoisotopic (exact) mass is 473 g/mol. The van der Waals surface area contributed by atoms with Crippen LogP contribution in [0.2, 0.25) is 0 Å². The Hall–Kier alpha value is -3.70. The summed E-state index contributed by atoms with van der Waals surface area (Å²) in [6, 6.07) is 15.1. The molecule has 1 fully saturated rings. The van der Waals surface area contributed by atoms with E-state index in [2.05, 4.69) is 16.4 Å². The molecule has 3 aliphatic rings. The lowest BCUT2D eigenvalue weighted by Crippen LogP contribution is -2.82. The largest absolute Gasteiger partial charge is 0.489 e. The van der Waals surface area contributed by atoms with Crippen LogP contribution in [0.15, 0.2) is 42.5 Å². The number of rotatable bonds is 6. The zero-order chi connectivity index (χ0) is 24.4. The highest BCUT2D eigenvalue weighted by atomic mass is 16.5.